The lowest BCUT2D eigenvalue weighted by Crippen LogP contribution is -2.32. The lowest BCUT2D eigenvalue weighted by atomic mass is 10.2. The van der Waals surface area contributed by atoms with Crippen molar-refractivity contribution in [2.45, 2.75) is 12.6 Å². The Labute approximate surface area is 157 Å². The van der Waals surface area contributed by atoms with E-state index in [0.29, 0.717) is 32.6 Å². The molecule has 0 spiro atoms. The summed E-state index contributed by atoms with van der Waals surface area (Å²) in [5, 5.41) is 11.1. The smallest absolute Gasteiger partial charge is 0.354 e. The molecule has 1 aliphatic heterocycles. The summed E-state index contributed by atoms with van der Waals surface area (Å²) in [4.78, 5) is 22.3. The number of pyridine rings is 2. The Morgan fingerprint density at radius 3 is 2.37 bits per heavy atom. The Bertz CT molecular complexity index is 849. The average molecular weight is 402 g/mol. The van der Waals surface area contributed by atoms with Crippen LogP contribution in [0.4, 0.5) is 30.5 Å². The molecule has 144 valence electrons. The molecular weight excluding hydrogens is 387 g/mol. The van der Waals surface area contributed by atoms with Crippen molar-refractivity contribution in [1.82, 2.24) is 9.97 Å². The molecule has 1 fully saturated rings. The zero-order valence-corrected chi connectivity index (χ0v) is 14.7. The molecule has 3 heterocycles. The minimum Gasteiger partial charge on any atom is -0.354 e. The van der Waals surface area contributed by atoms with Crippen LogP contribution in [0.5, 0.6) is 0 Å². The number of nitro groups is 1. The molecule has 0 aromatic carbocycles. The van der Waals surface area contributed by atoms with Gasteiger partial charge in [-0.2, -0.15) is 13.2 Å². The van der Waals surface area contributed by atoms with Crippen molar-refractivity contribution in [3.63, 3.8) is 0 Å². The van der Waals surface area contributed by atoms with Crippen molar-refractivity contribution < 1.29 is 18.1 Å². The fraction of sp³-hybridized carbons (Fsp3) is 0.375. The molecule has 0 bridgehead atoms. The maximum Gasteiger partial charge on any atom is 0.417 e. The van der Waals surface area contributed by atoms with Crippen LogP contribution in [0.1, 0.15) is 12.0 Å². The van der Waals surface area contributed by atoms with E-state index in [1.54, 1.807) is 9.80 Å². The number of anilines is 2. The Balaban J connectivity index is 1.79. The molecule has 2 aromatic rings. The number of hydrogen-bond donors (Lipinski definition) is 0. The Kier molecular flexibility index (Phi) is 5.36. The number of nitrogens with zero attached hydrogens (tertiary/aromatic N) is 5. The average Bonchev–Trinajstić information content (AvgIpc) is 2.87. The van der Waals surface area contributed by atoms with E-state index in [1.165, 1.54) is 18.3 Å². The highest BCUT2D eigenvalue weighted by Crippen LogP contribution is 2.34. The van der Waals surface area contributed by atoms with E-state index in [2.05, 4.69) is 9.97 Å². The van der Waals surface area contributed by atoms with Crippen LogP contribution in [-0.2, 0) is 6.18 Å². The normalized spacial score (nSPS) is 15.6. The zero-order chi connectivity index (χ0) is 19.6. The summed E-state index contributed by atoms with van der Waals surface area (Å²) in [5.74, 6) is 0.540. The second-order valence-electron chi connectivity index (χ2n) is 5.96. The van der Waals surface area contributed by atoms with E-state index in [-0.39, 0.29) is 22.3 Å². The van der Waals surface area contributed by atoms with Crippen LogP contribution in [0.3, 0.4) is 0 Å². The molecule has 0 atom stereocenters. The Hall–Kier alpha value is -2.62. The van der Waals surface area contributed by atoms with Crippen molar-refractivity contribution in [2.24, 2.45) is 0 Å². The molecule has 0 unspecified atom stereocenters. The fourth-order valence-corrected chi connectivity index (χ4v) is 3.22. The van der Waals surface area contributed by atoms with E-state index >= 15 is 0 Å². The maximum absolute atomic E-state index is 12.8. The summed E-state index contributed by atoms with van der Waals surface area (Å²) in [6.07, 6.45) is -1.65. The lowest BCUT2D eigenvalue weighted by molar-refractivity contribution is -0.384. The van der Waals surface area contributed by atoms with Crippen LogP contribution >= 0.6 is 11.6 Å². The minimum atomic E-state index is -4.51. The molecule has 1 aliphatic rings. The summed E-state index contributed by atoms with van der Waals surface area (Å²) in [5.41, 5.74) is -0.992. The summed E-state index contributed by atoms with van der Waals surface area (Å²) in [6.45, 7) is 1.82. The predicted octanol–water partition coefficient (Wildman–Crippen LogP) is 3.77. The quantitative estimate of drug-likeness (QED) is 0.575. The zero-order valence-electron chi connectivity index (χ0n) is 14.0. The summed E-state index contributed by atoms with van der Waals surface area (Å²) in [7, 11) is 0. The highest BCUT2D eigenvalue weighted by atomic mass is 35.5. The van der Waals surface area contributed by atoms with Gasteiger partial charge in [-0.1, -0.05) is 11.6 Å². The molecule has 0 radical (unpaired) electrons. The first kappa shape index (κ1) is 19.2. The molecule has 3 rings (SSSR count). The topological polar surface area (TPSA) is 75.4 Å². The van der Waals surface area contributed by atoms with Crippen LogP contribution in [-0.4, -0.2) is 41.1 Å². The molecule has 0 amide bonds. The molecule has 0 saturated carbocycles. The van der Waals surface area contributed by atoms with Gasteiger partial charge in [0.15, 0.2) is 0 Å². The monoisotopic (exact) mass is 401 g/mol. The molecule has 0 aliphatic carbocycles. The number of alkyl halides is 3. The first-order valence-corrected chi connectivity index (χ1v) is 8.47. The third-order valence-electron chi connectivity index (χ3n) is 4.21. The van der Waals surface area contributed by atoms with Crippen molar-refractivity contribution in [3.05, 3.63) is 51.3 Å². The van der Waals surface area contributed by atoms with Crippen LogP contribution in [0.2, 0.25) is 5.02 Å². The van der Waals surface area contributed by atoms with Gasteiger partial charge < -0.3 is 9.80 Å². The molecule has 7 nitrogen and oxygen atoms in total. The van der Waals surface area contributed by atoms with Crippen LogP contribution in [0.15, 0.2) is 30.6 Å². The highest BCUT2D eigenvalue weighted by Gasteiger charge is 2.32. The van der Waals surface area contributed by atoms with E-state index in [4.69, 9.17) is 11.6 Å². The van der Waals surface area contributed by atoms with Crippen molar-refractivity contribution in [1.29, 1.82) is 0 Å². The van der Waals surface area contributed by atoms with Gasteiger partial charge in [0.2, 0.25) is 5.82 Å². The summed E-state index contributed by atoms with van der Waals surface area (Å²) in [6, 6.07) is 3.74. The second-order valence-corrected chi connectivity index (χ2v) is 6.37. The summed E-state index contributed by atoms with van der Waals surface area (Å²) < 4.78 is 38.3. The van der Waals surface area contributed by atoms with Crippen molar-refractivity contribution in [2.75, 3.05) is 36.0 Å². The SMILES string of the molecule is O=[N+]([O-])c1cccnc1N1CCCN(c2ncc(C(F)(F)F)cc2Cl)CC1. The first-order valence-electron chi connectivity index (χ1n) is 8.09. The molecule has 1 saturated heterocycles. The highest BCUT2D eigenvalue weighted by molar-refractivity contribution is 6.33. The van der Waals surface area contributed by atoms with Gasteiger partial charge >= 0.3 is 11.9 Å². The lowest BCUT2D eigenvalue weighted by Gasteiger charge is -2.24. The standard InChI is InChI=1S/C16H15ClF3N5O2/c17-12-9-11(16(18,19)20)10-22-14(12)23-5-2-6-24(8-7-23)15-13(25(26)27)3-1-4-21-15/h1,3-4,9-10H,2,5-8H2. The maximum atomic E-state index is 12.8. The van der Waals surface area contributed by atoms with Gasteiger partial charge in [0.1, 0.15) is 5.82 Å². The van der Waals surface area contributed by atoms with Gasteiger partial charge in [0.25, 0.3) is 0 Å². The number of rotatable bonds is 3. The number of hydrogen-bond acceptors (Lipinski definition) is 6. The third-order valence-corrected chi connectivity index (χ3v) is 4.48. The fourth-order valence-electron chi connectivity index (χ4n) is 2.93. The van der Waals surface area contributed by atoms with Gasteiger partial charge in [-0.05, 0) is 18.6 Å². The van der Waals surface area contributed by atoms with E-state index < -0.39 is 16.7 Å². The van der Waals surface area contributed by atoms with Crippen LogP contribution in [0, 0.1) is 10.1 Å². The predicted molar refractivity (Wildman–Crippen MR) is 94.2 cm³/mol. The molecule has 0 N–H and O–H groups in total. The van der Waals surface area contributed by atoms with E-state index in [0.717, 1.165) is 12.3 Å². The Morgan fingerprint density at radius 1 is 1.11 bits per heavy atom. The number of aromatic nitrogens is 2. The van der Waals surface area contributed by atoms with Gasteiger partial charge in [-0.3, -0.25) is 10.1 Å². The van der Waals surface area contributed by atoms with Crippen molar-refractivity contribution >= 4 is 28.9 Å². The Morgan fingerprint density at radius 2 is 1.78 bits per heavy atom. The molecule has 2 aromatic heterocycles. The van der Waals surface area contributed by atoms with Gasteiger partial charge in [-0.15, -0.1) is 0 Å². The van der Waals surface area contributed by atoms with Gasteiger partial charge in [-0.25, -0.2) is 9.97 Å². The third kappa shape index (κ3) is 4.21. The molecular formula is C16H15ClF3N5O2. The van der Waals surface area contributed by atoms with E-state index in [1.807, 2.05) is 0 Å². The van der Waals surface area contributed by atoms with Gasteiger partial charge in [0, 0.05) is 44.6 Å². The van der Waals surface area contributed by atoms with Crippen LogP contribution < -0.4 is 9.80 Å². The minimum absolute atomic E-state index is 0.0814. The number of halogens is 4. The first-order chi connectivity index (χ1) is 12.8. The van der Waals surface area contributed by atoms with E-state index in [9.17, 15) is 23.3 Å². The summed E-state index contributed by atoms with van der Waals surface area (Å²) >= 11 is 6.02. The molecule has 27 heavy (non-hydrogen) atoms. The van der Waals surface area contributed by atoms with Crippen LogP contribution in [0.25, 0.3) is 0 Å². The largest absolute Gasteiger partial charge is 0.417 e. The van der Waals surface area contributed by atoms with Gasteiger partial charge in [0.05, 0.1) is 15.5 Å². The van der Waals surface area contributed by atoms with Crippen molar-refractivity contribution in [3.8, 4) is 0 Å². The second kappa shape index (κ2) is 7.55. The molecule has 11 heteroatoms.